The molecule has 0 aliphatic rings. The van der Waals surface area contributed by atoms with Crippen LogP contribution in [0.5, 0.6) is 0 Å². The van der Waals surface area contributed by atoms with Gasteiger partial charge in [-0.2, -0.15) is 0 Å². The largest absolute Gasteiger partial charge is 0.385 e. The van der Waals surface area contributed by atoms with Crippen molar-refractivity contribution in [3.63, 3.8) is 0 Å². The van der Waals surface area contributed by atoms with Crippen LogP contribution in [-0.4, -0.2) is 18.3 Å². The quantitative estimate of drug-likeness (QED) is 0.732. The first kappa shape index (κ1) is 14.9. The number of hydrogen-bond donors (Lipinski definition) is 0. The fraction of sp³-hybridized carbons (Fsp3) is 0.444. The predicted octanol–water partition coefficient (Wildman–Crippen LogP) is 4.31. The van der Waals surface area contributed by atoms with Crippen molar-refractivity contribution in [3.8, 4) is 0 Å². The molecule has 1 heterocycles. The van der Waals surface area contributed by atoms with E-state index in [1.54, 1.807) is 7.11 Å². The average molecular weight is 271 g/mol. The van der Waals surface area contributed by atoms with Crippen molar-refractivity contribution in [2.75, 3.05) is 13.7 Å². The summed E-state index contributed by atoms with van der Waals surface area (Å²) >= 11 is 0. The Hall–Kier alpha value is -1.54. The zero-order valence-corrected chi connectivity index (χ0v) is 12.8. The van der Waals surface area contributed by atoms with E-state index >= 15 is 0 Å². The van der Waals surface area contributed by atoms with E-state index < -0.39 is 0 Å². The Balaban J connectivity index is 1.98. The van der Waals surface area contributed by atoms with Crippen LogP contribution in [0.4, 0.5) is 0 Å². The summed E-state index contributed by atoms with van der Waals surface area (Å²) in [7, 11) is 1.77. The molecule has 0 saturated carbocycles. The number of ether oxygens (including phenoxy) is 1. The second-order valence-corrected chi connectivity index (χ2v) is 5.64. The van der Waals surface area contributed by atoms with Crippen LogP contribution in [0.1, 0.15) is 37.4 Å². The van der Waals surface area contributed by atoms with E-state index in [4.69, 9.17) is 4.74 Å². The summed E-state index contributed by atoms with van der Waals surface area (Å²) in [5.74, 6) is 0.665. The minimum absolute atomic E-state index is 0.388. The molecule has 2 nitrogen and oxygen atoms in total. The summed E-state index contributed by atoms with van der Waals surface area (Å²) in [6.07, 6.45) is 6.71. The van der Waals surface area contributed by atoms with Crippen LogP contribution in [-0.2, 0) is 11.2 Å². The highest BCUT2D eigenvalue weighted by molar-refractivity contribution is 5.21. The molecule has 2 aromatic rings. The summed E-state index contributed by atoms with van der Waals surface area (Å²) in [5, 5.41) is 0. The van der Waals surface area contributed by atoms with Gasteiger partial charge < -0.3 is 9.30 Å². The number of hydrogen-bond acceptors (Lipinski definition) is 1. The van der Waals surface area contributed by atoms with Crippen LogP contribution < -0.4 is 0 Å². The van der Waals surface area contributed by atoms with Crippen LogP contribution >= 0.6 is 0 Å². The van der Waals surface area contributed by atoms with Gasteiger partial charge in [0.2, 0.25) is 0 Å². The number of methoxy groups -OCH3 is 1. The maximum Gasteiger partial charge on any atom is 0.0551 e. The molecule has 108 valence electrons. The summed E-state index contributed by atoms with van der Waals surface area (Å²) < 4.78 is 7.45. The van der Waals surface area contributed by atoms with Gasteiger partial charge in [-0.1, -0.05) is 37.3 Å². The normalized spacial score (nSPS) is 14.2. The molecule has 0 radical (unpaired) electrons. The van der Waals surface area contributed by atoms with Crippen LogP contribution in [0.25, 0.3) is 0 Å². The molecule has 1 aromatic carbocycles. The lowest BCUT2D eigenvalue weighted by Crippen LogP contribution is -2.05. The van der Waals surface area contributed by atoms with Crippen LogP contribution in [0.2, 0.25) is 0 Å². The molecule has 20 heavy (non-hydrogen) atoms. The molecular weight excluding hydrogens is 246 g/mol. The van der Waals surface area contributed by atoms with E-state index in [1.165, 1.54) is 11.1 Å². The first-order chi connectivity index (χ1) is 9.70. The van der Waals surface area contributed by atoms with Crippen molar-refractivity contribution in [1.29, 1.82) is 0 Å². The highest BCUT2D eigenvalue weighted by Crippen LogP contribution is 2.20. The smallest absolute Gasteiger partial charge is 0.0551 e. The Morgan fingerprint density at radius 3 is 2.55 bits per heavy atom. The van der Waals surface area contributed by atoms with E-state index in [2.05, 4.69) is 67.2 Å². The Bertz CT molecular complexity index is 503. The Labute approximate surface area is 122 Å². The molecule has 0 aliphatic heterocycles. The van der Waals surface area contributed by atoms with Gasteiger partial charge in [0.15, 0.2) is 0 Å². The number of nitrogens with zero attached hydrogens (tertiary/aromatic N) is 1. The zero-order chi connectivity index (χ0) is 14.4. The zero-order valence-electron chi connectivity index (χ0n) is 12.8. The topological polar surface area (TPSA) is 14.2 Å². The minimum atomic E-state index is 0.388. The van der Waals surface area contributed by atoms with Gasteiger partial charge in [-0.05, 0) is 42.9 Å². The van der Waals surface area contributed by atoms with Crippen molar-refractivity contribution >= 4 is 0 Å². The Morgan fingerprint density at radius 2 is 1.85 bits per heavy atom. The van der Waals surface area contributed by atoms with Gasteiger partial charge in [-0.3, -0.25) is 0 Å². The highest BCUT2D eigenvalue weighted by atomic mass is 16.5. The van der Waals surface area contributed by atoms with E-state index in [0.717, 1.165) is 19.4 Å². The SMILES string of the molecule is COCC[C@@H](C)Cc1ccn([C@@H](C)c2ccccc2)c1. The van der Waals surface area contributed by atoms with Crippen LogP contribution in [0.3, 0.4) is 0 Å². The van der Waals surface area contributed by atoms with E-state index in [0.29, 0.717) is 12.0 Å². The second kappa shape index (κ2) is 7.30. The lowest BCUT2D eigenvalue weighted by atomic mass is 10.0. The maximum atomic E-state index is 5.15. The number of benzene rings is 1. The van der Waals surface area contributed by atoms with Gasteiger partial charge in [-0.15, -0.1) is 0 Å². The third kappa shape index (κ3) is 3.97. The van der Waals surface area contributed by atoms with E-state index in [-0.39, 0.29) is 0 Å². The molecule has 2 heteroatoms. The molecule has 0 aliphatic carbocycles. The molecule has 0 amide bonds. The minimum Gasteiger partial charge on any atom is -0.385 e. The number of aromatic nitrogens is 1. The molecule has 0 saturated heterocycles. The van der Waals surface area contributed by atoms with Gasteiger partial charge in [0.1, 0.15) is 0 Å². The molecule has 0 unspecified atom stereocenters. The highest BCUT2D eigenvalue weighted by Gasteiger charge is 2.09. The molecular formula is C18H25NO. The lowest BCUT2D eigenvalue weighted by molar-refractivity contribution is 0.180. The molecule has 0 fully saturated rings. The Morgan fingerprint density at radius 1 is 1.10 bits per heavy atom. The lowest BCUT2D eigenvalue weighted by Gasteiger charge is -2.14. The summed E-state index contributed by atoms with van der Waals surface area (Å²) in [5.41, 5.74) is 2.76. The second-order valence-electron chi connectivity index (χ2n) is 5.64. The molecule has 0 N–H and O–H groups in total. The summed E-state index contributed by atoms with van der Waals surface area (Å²) in [4.78, 5) is 0. The average Bonchev–Trinajstić information content (AvgIpc) is 2.93. The van der Waals surface area contributed by atoms with Gasteiger partial charge in [-0.25, -0.2) is 0 Å². The third-order valence-electron chi connectivity index (χ3n) is 3.90. The monoisotopic (exact) mass is 271 g/mol. The van der Waals surface area contributed by atoms with Gasteiger partial charge in [0.05, 0.1) is 6.04 Å². The predicted molar refractivity (Wildman–Crippen MR) is 84.0 cm³/mol. The summed E-state index contributed by atoms with van der Waals surface area (Å²) in [6.45, 7) is 5.38. The summed E-state index contributed by atoms with van der Waals surface area (Å²) in [6, 6.07) is 13.3. The van der Waals surface area contributed by atoms with E-state index in [1.807, 2.05) is 0 Å². The van der Waals surface area contributed by atoms with Crippen LogP contribution in [0.15, 0.2) is 48.8 Å². The fourth-order valence-corrected chi connectivity index (χ4v) is 2.55. The molecule has 2 atom stereocenters. The Kier molecular flexibility index (Phi) is 5.42. The van der Waals surface area contributed by atoms with Crippen molar-refractivity contribution in [3.05, 3.63) is 59.9 Å². The van der Waals surface area contributed by atoms with Crippen molar-refractivity contribution in [2.45, 2.75) is 32.7 Å². The molecule has 0 bridgehead atoms. The number of rotatable bonds is 7. The first-order valence-corrected chi connectivity index (χ1v) is 7.41. The van der Waals surface area contributed by atoms with E-state index in [9.17, 15) is 0 Å². The van der Waals surface area contributed by atoms with Crippen LogP contribution in [0, 0.1) is 5.92 Å². The maximum absolute atomic E-state index is 5.15. The van der Waals surface area contributed by atoms with Gasteiger partial charge in [0.25, 0.3) is 0 Å². The standard InChI is InChI=1S/C18H25NO/c1-15(10-12-20-3)13-17-9-11-19(14-17)16(2)18-7-5-4-6-8-18/h4-9,11,14-16H,10,12-13H2,1-3H3/t15-,16+/m1/s1. The molecule has 2 rings (SSSR count). The fourth-order valence-electron chi connectivity index (χ4n) is 2.55. The first-order valence-electron chi connectivity index (χ1n) is 7.41. The molecule has 0 spiro atoms. The van der Waals surface area contributed by atoms with Crippen molar-refractivity contribution in [1.82, 2.24) is 4.57 Å². The van der Waals surface area contributed by atoms with Crippen molar-refractivity contribution in [2.24, 2.45) is 5.92 Å². The van der Waals surface area contributed by atoms with Crippen molar-refractivity contribution < 1.29 is 4.74 Å². The molecule has 1 aromatic heterocycles. The third-order valence-corrected chi connectivity index (χ3v) is 3.90. The van der Waals surface area contributed by atoms with Gasteiger partial charge >= 0.3 is 0 Å². The van der Waals surface area contributed by atoms with Gasteiger partial charge in [0, 0.05) is 26.1 Å².